The lowest BCUT2D eigenvalue weighted by molar-refractivity contribution is -0.118. The minimum Gasteiger partial charge on any atom is -0.504 e. The number of benzene rings is 3. The molecule has 0 spiro atoms. The molecule has 0 aromatic heterocycles. The van der Waals surface area contributed by atoms with Crippen molar-refractivity contribution >= 4 is 50.4 Å². The summed E-state index contributed by atoms with van der Waals surface area (Å²) in [4.78, 5) is 13.6. The van der Waals surface area contributed by atoms with Gasteiger partial charge in [-0.3, -0.25) is 4.79 Å². The van der Waals surface area contributed by atoms with Gasteiger partial charge in [0, 0.05) is 29.9 Å². The molecule has 5 nitrogen and oxygen atoms in total. The van der Waals surface area contributed by atoms with Crippen molar-refractivity contribution in [1.82, 2.24) is 0 Å². The van der Waals surface area contributed by atoms with Gasteiger partial charge in [-0.25, -0.2) is 0 Å². The van der Waals surface area contributed by atoms with Crippen molar-refractivity contribution < 1.29 is 19.7 Å². The van der Waals surface area contributed by atoms with E-state index >= 15 is 0 Å². The highest BCUT2D eigenvalue weighted by molar-refractivity contribution is 14.1. The summed E-state index contributed by atoms with van der Waals surface area (Å²) in [6, 6.07) is 16.1. The number of phenols is 1. The fraction of sp³-hybridized carbons (Fsp3) is 0.345. The van der Waals surface area contributed by atoms with Crippen molar-refractivity contribution in [1.29, 1.82) is 0 Å². The molecule has 2 aliphatic rings. The maximum absolute atomic E-state index is 13.6. The van der Waals surface area contributed by atoms with Crippen molar-refractivity contribution in [3.05, 3.63) is 68.8 Å². The van der Waals surface area contributed by atoms with Crippen molar-refractivity contribution in [2.75, 3.05) is 18.5 Å². The van der Waals surface area contributed by atoms with Crippen LogP contribution in [0.25, 0.3) is 16.3 Å². The Morgan fingerprint density at radius 3 is 2.54 bits per heavy atom. The van der Waals surface area contributed by atoms with Crippen LogP contribution in [-0.4, -0.2) is 29.2 Å². The Hall–Kier alpha value is -2.58. The second kappa shape index (κ2) is 10.2. The largest absolute Gasteiger partial charge is 0.504 e. The number of carbonyl (C=O) groups excluding carboxylic acids is 1. The lowest BCUT2D eigenvalue weighted by Crippen LogP contribution is -2.33. The molecular weight excluding hydrogens is 553 g/mol. The molecule has 0 saturated heterocycles. The maximum atomic E-state index is 13.6. The Morgan fingerprint density at radius 1 is 1.11 bits per heavy atom. The molecule has 1 atom stereocenters. The van der Waals surface area contributed by atoms with E-state index in [-0.39, 0.29) is 29.6 Å². The minimum absolute atomic E-state index is 0.0914. The molecule has 1 unspecified atom stereocenters. The van der Waals surface area contributed by atoms with E-state index in [4.69, 9.17) is 9.84 Å². The highest BCUT2D eigenvalue weighted by Crippen LogP contribution is 2.52. The average molecular weight is 585 g/mol. The number of ketones is 1. The van der Waals surface area contributed by atoms with Gasteiger partial charge in [-0.2, -0.15) is 0 Å². The van der Waals surface area contributed by atoms with Crippen LogP contribution in [0.2, 0.25) is 0 Å². The lowest BCUT2D eigenvalue weighted by atomic mass is 9.68. The van der Waals surface area contributed by atoms with Crippen molar-refractivity contribution in [2.24, 2.45) is 5.41 Å². The first-order valence-electron chi connectivity index (χ1n) is 12.0. The third kappa shape index (κ3) is 4.91. The maximum Gasteiger partial charge on any atom is 0.171 e. The number of rotatable bonds is 3. The van der Waals surface area contributed by atoms with E-state index in [1.807, 2.05) is 25.1 Å². The summed E-state index contributed by atoms with van der Waals surface area (Å²) in [7, 11) is 0. The number of phenolic OH excluding ortho intramolecular Hbond substituents is 1. The number of halogens is 1. The van der Waals surface area contributed by atoms with Gasteiger partial charge in [0.2, 0.25) is 0 Å². The molecule has 3 aromatic rings. The van der Waals surface area contributed by atoms with E-state index in [1.54, 1.807) is 6.92 Å². The van der Waals surface area contributed by atoms with Gasteiger partial charge >= 0.3 is 0 Å². The van der Waals surface area contributed by atoms with Crippen molar-refractivity contribution in [3.8, 4) is 11.5 Å². The summed E-state index contributed by atoms with van der Waals surface area (Å²) in [5.74, 6) is 0.781. The van der Waals surface area contributed by atoms with E-state index in [1.165, 1.54) is 10.8 Å². The van der Waals surface area contributed by atoms with Crippen LogP contribution in [-0.2, 0) is 4.79 Å². The number of aromatic hydroxyl groups is 1. The van der Waals surface area contributed by atoms with Crippen LogP contribution >= 0.6 is 22.6 Å². The molecule has 0 fully saturated rings. The number of ether oxygens (including phenoxy) is 1. The van der Waals surface area contributed by atoms with Gasteiger partial charge in [0.1, 0.15) is 0 Å². The topological polar surface area (TPSA) is 78.8 Å². The molecule has 0 amide bonds. The number of aliphatic hydroxyl groups is 1. The zero-order valence-electron chi connectivity index (χ0n) is 20.6. The number of aliphatic hydroxyl groups excluding tert-OH is 1. The van der Waals surface area contributed by atoms with Crippen LogP contribution in [0.15, 0.2) is 54.1 Å². The summed E-state index contributed by atoms with van der Waals surface area (Å²) in [6.07, 6.45) is 1.37. The average Bonchev–Trinajstić information content (AvgIpc) is 2.80. The highest BCUT2D eigenvalue weighted by Gasteiger charge is 2.41. The summed E-state index contributed by atoms with van der Waals surface area (Å²) >= 11 is 2.12. The van der Waals surface area contributed by atoms with Crippen LogP contribution in [0, 0.1) is 8.99 Å². The van der Waals surface area contributed by atoms with Gasteiger partial charge in [-0.05, 0) is 88.4 Å². The molecule has 6 heteroatoms. The van der Waals surface area contributed by atoms with E-state index in [9.17, 15) is 9.90 Å². The van der Waals surface area contributed by atoms with Crippen LogP contribution in [0.5, 0.6) is 11.5 Å². The first-order valence-corrected chi connectivity index (χ1v) is 13.1. The SMILES string of the molecule is CCO.CCOc1cc(C2Nc3ccc4ccccc4c3C3=C2C(=O)CC(C)(C)C3)cc(I)c1O. The van der Waals surface area contributed by atoms with Crippen LogP contribution in [0.4, 0.5) is 5.69 Å². The van der Waals surface area contributed by atoms with E-state index < -0.39 is 0 Å². The summed E-state index contributed by atoms with van der Waals surface area (Å²) < 4.78 is 6.40. The molecule has 1 aliphatic heterocycles. The summed E-state index contributed by atoms with van der Waals surface area (Å²) in [5, 5.41) is 24.0. The molecule has 1 heterocycles. The molecule has 3 aromatic carbocycles. The minimum atomic E-state index is -0.282. The van der Waals surface area contributed by atoms with Crippen LogP contribution < -0.4 is 10.1 Å². The first-order chi connectivity index (χ1) is 16.7. The fourth-order valence-corrected chi connectivity index (χ4v) is 5.74. The van der Waals surface area contributed by atoms with Gasteiger partial charge in [0.15, 0.2) is 17.3 Å². The predicted molar refractivity (Wildman–Crippen MR) is 150 cm³/mol. The van der Waals surface area contributed by atoms with Gasteiger partial charge < -0.3 is 20.3 Å². The van der Waals surface area contributed by atoms with E-state index in [0.29, 0.717) is 22.3 Å². The van der Waals surface area contributed by atoms with Gasteiger partial charge in [-0.1, -0.05) is 44.2 Å². The first kappa shape index (κ1) is 25.5. The monoisotopic (exact) mass is 585 g/mol. The zero-order valence-corrected chi connectivity index (χ0v) is 22.8. The second-order valence-electron chi connectivity index (χ2n) is 9.72. The van der Waals surface area contributed by atoms with Crippen molar-refractivity contribution in [2.45, 2.75) is 46.6 Å². The molecular formula is C29H32INO4. The number of hydrogen-bond donors (Lipinski definition) is 3. The smallest absolute Gasteiger partial charge is 0.171 e. The van der Waals surface area contributed by atoms with Gasteiger partial charge in [-0.15, -0.1) is 0 Å². The molecule has 3 N–H and O–H groups in total. The Bertz CT molecular complexity index is 1310. The molecule has 184 valence electrons. The van der Waals surface area contributed by atoms with E-state index in [0.717, 1.165) is 34.4 Å². The van der Waals surface area contributed by atoms with Gasteiger partial charge in [0.05, 0.1) is 16.2 Å². The third-order valence-electron chi connectivity index (χ3n) is 6.42. The number of allylic oxidation sites excluding steroid dienone is 1. The molecule has 0 bridgehead atoms. The van der Waals surface area contributed by atoms with Gasteiger partial charge in [0.25, 0.3) is 0 Å². The quantitative estimate of drug-likeness (QED) is 0.293. The highest BCUT2D eigenvalue weighted by atomic mass is 127. The van der Waals surface area contributed by atoms with Crippen LogP contribution in [0.3, 0.4) is 0 Å². The molecule has 0 radical (unpaired) electrons. The number of fused-ring (bicyclic) bond motifs is 4. The summed E-state index contributed by atoms with van der Waals surface area (Å²) in [6.45, 7) is 8.63. The summed E-state index contributed by atoms with van der Waals surface area (Å²) in [5.41, 5.74) is 5.01. The predicted octanol–water partition coefficient (Wildman–Crippen LogP) is 6.86. The second-order valence-corrected chi connectivity index (χ2v) is 10.9. The molecule has 35 heavy (non-hydrogen) atoms. The fourth-order valence-electron chi connectivity index (χ4n) is 5.11. The number of nitrogens with one attached hydrogen (secondary N) is 1. The Balaban J connectivity index is 0.000000917. The molecule has 0 saturated carbocycles. The number of carbonyl (C=O) groups is 1. The molecule has 1 aliphatic carbocycles. The number of hydrogen-bond acceptors (Lipinski definition) is 5. The molecule has 5 rings (SSSR count). The Labute approximate surface area is 220 Å². The van der Waals surface area contributed by atoms with Crippen molar-refractivity contribution in [3.63, 3.8) is 0 Å². The lowest BCUT2D eigenvalue weighted by Gasteiger charge is -2.40. The number of Topliss-reactive ketones (excluding diaryl/α,β-unsaturated/α-hetero) is 1. The number of anilines is 1. The Morgan fingerprint density at radius 2 is 1.83 bits per heavy atom. The van der Waals surface area contributed by atoms with E-state index in [2.05, 4.69) is 72.1 Å². The third-order valence-corrected chi connectivity index (χ3v) is 7.25. The Kier molecular flexibility index (Phi) is 7.43. The van der Waals surface area contributed by atoms with Crippen LogP contribution in [0.1, 0.15) is 57.7 Å². The standard InChI is InChI=1S/C27H26INO3.C2H6O/c1-4-32-22-12-16(11-19(28)26(22)31)25-24-18(13-27(2,3)14-21(24)30)23-17-8-6-5-7-15(17)9-10-20(23)29-25;1-2-3/h5-12,25,29,31H,4,13-14H2,1-3H3;3H,2H2,1H3. The normalized spacial score (nSPS) is 18.2. The zero-order chi connectivity index (χ0) is 25.3.